The number of fused-ring (bicyclic) bond motifs is 3. The molecule has 1 aromatic rings. The Morgan fingerprint density at radius 1 is 1.09 bits per heavy atom. The van der Waals surface area contributed by atoms with E-state index in [2.05, 4.69) is 20.4 Å². The van der Waals surface area contributed by atoms with E-state index in [-0.39, 0.29) is 28.7 Å². The predicted octanol–water partition coefficient (Wildman–Crippen LogP) is 5.39. The summed E-state index contributed by atoms with van der Waals surface area (Å²) in [5.74, 6) is 2.02. The third-order valence-corrected chi connectivity index (χ3v) is 10.8. The van der Waals surface area contributed by atoms with E-state index in [1.165, 1.54) is 19.3 Å². The first-order chi connectivity index (χ1) is 15.7. The molecular formula is C28H36O5. The van der Waals surface area contributed by atoms with Crippen LogP contribution in [0, 0.1) is 28.6 Å². The molecule has 1 aromatic heterocycles. The van der Waals surface area contributed by atoms with Crippen LogP contribution >= 0.6 is 0 Å². The van der Waals surface area contributed by atoms with Crippen LogP contribution in [-0.2, 0) is 14.3 Å². The van der Waals surface area contributed by atoms with Crippen molar-refractivity contribution >= 4 is 5.97 Å². The van der Waals surface area contributed by atoms with Gasteiger partial charge in [0.25, 0.3) is 0 Å². The average molecular weight is 453 g/mol. The summed E-state index contributed by atoms with van der Waals surface area (Å²) in [5.41, 5.74) is 1.73. The monoisotopic (exact) mass is 452 g/mol. The van der Waals surface area contributed by atoms with Crippen LogP contribution in [0.5, 0.6) is 0 Å². The normalized spacial score (nSPS) is 47.5. The van der Waals surface area contributed by atoms with E-state index in [4.69, 9.17) is 13.9 Å². The largest absolute Gasteiger partial charge is 0.459 e. The molecule has 1 unspecified atom stereocenters. The zero-order valence-corrected chi connectivity index (χ0v) is 20.1. The van der Waals surface area contributed by atoms with Crippen molar-refractivity contribution in [2.75, 3.05) is 0 Å². The molecular weight excluding hydrogens is 416 g/mol. The first-order valence-electron chi connectivity index (χ1n) is 12.8. The Morgan fingerprint density at radius 3 is 2.64 bits per heavy atom. The molecule has 2 heterocycles. The fourth-order valence-corrected chi connectivity index (χ4v) is 9.08. The minimum absolute atomic E-state index is 0.0199. The van der Waals surface area contributed by atoms with Crippen molar-refractivity contribution < 1.29 is 18.7 Å². The van der Waals surface area contributed by atoms with Crippen LogP contribution in [0.1, 0.15) is 83.6 Å². The maximum Gasteiger partial charge on any atom is 0.335 e. The second kappa shape index (κ2) is 7.07. The van der Waals surface area contributed by atoms with Crippen LogP contribution in [0.2, 0.25) is 0 Å². The van der Waals surface area contributed by atoms with Gasteiger partial charge in [0.2, 0.25) is 0 Å². The van der Waals surface area contributed by atoms with E-state index >= 15 is 0 Å². The highest BCUT2D eigenvalue weighted by Gasteiger charge is 2.80. The third kappa shape index (κ3) is 2.87. The summed E-state index contributed by atoms with van der Waals surface area (Å²) in [6.45, 7) is 10.4. The molecule has 9 atom stereocenters. The molecule has 5 aliphatic rings. The summed E-state index contributed by atoms with van der Waals surface area (Å²) < 4.78 is 17.7. The molecule has 0 aromatic carbocycles. The molecule has 1 saturated heterocycles. The Hall–Kier alpha value is -1.88. The van der Waals surface area contributed by atoms with Gasteiger partial charge in [0.1, 0.15) is 11.7 Å². The van der Waals surface area contributed by atoms with Crippen LogP contribution in [0.4, 0.5) is 0 Å². The molecule has 5 nitrogen and oxygen atoms in total. The minimum Gasteiger partial charge on any atom is -0.459 e. The van der Waals surface area contributed by atoms with Crippen molar-refractivity contribution in [3.63, 3.8) is 0 Å². The minimum atomic E-state index is -0.280. The second-order valence-corrected chi connectivity index (χ2v) is 12.1. The summed E-state index contributed by atoms with van der Waals surface area (Å²) in [5, 5.41) is 0. The number of hydrogen-bond donors (Lipinski definition) is 0. The van der Waals surface area contributed by atoms with E-state index < -0.39 is 0 Å². The Balaban J connectivity index is 1.24. The zero-order chi connectivity index (χ0) is 23.2. The van der Waals surface area contributed by atoms with Gasteiger partial charge in [-0.25, -0.2) is 9.59 Å². The number of carbonyl (C=O) groups is 1. The number of epoxide rings is 1. The maximum absolute atomic E-state index is 12.1. The fraction of sp³-hybridized carbons (Fsp3) is 0.714. The molecule has 0 bridgehead atoms. The molecule has 0 radical (unpaired) electrons. The molecule has 1 spiro atoms. The van der Waals surface area contributed by atoms with Gasteiger partial charge in [0.15, 0.2) is 0 Å². The second-order valence-electron chi connectivity index (χ2n) is 12.1. The van der Waals surface area contributed by atoms with Gasteiger partial charge in [-0.1, -0.05) is 20.4 Å². The topological polar surface area (TPSA) is 69.0 Å². The fourth-order valence-electron chi connectivity index (χ4n) is 9.08. The van der Waals surface area contributed by atoms with Gasteiger partial charge in [0.05, 0.1) is 12.4 Å². The summed E-state index contributed by atoms with van der Waals surface area (Å²) in [4.78, 5) is 23.6. The van der Waals surface area contributed by atoms with Crippen LogP contribution in [0.15, 0.2) is 39.8 Å². The third-order valence-electron chi connectivity index (χ3n) is 10.8. The van der Waals surface area contributed by atoms with E-state index in [1.54, 1.807) is 19.3 Å². The van der Waals surface area contributed by atoms with Gasteiger partial charge in [0, 0.05) is 17.1 Å². The lowest BCUT2D eigenvalue weighted by Gasteiger charge is -2.61. The van der Waals surface area contributed by atoms with Gasteiger partial charge in [-0.3, -0.25) is 0 Å². The van der Waals surface area contributed by atoms with Crippen LogP contribution in [0.3, 0.4) is 0 Å². The highest BCUT2D eigenvalue weighted by Crippen LogP contribution is 2.78. The summed E-state index contributed by atoms with van der Waals surface area (Å²) >= 11 is 0. The number of hydrogen-bond acceptors (Lipinski definition) is 5. The van der Waals surface area contributed by atoms with Gasteiger partial charge >= 0.3 is 11.6 Å². The van der Waals surface area contributed by atoms with Crippen molar-refractivity contribution in [3.8, 4) is 0 Å². The molecule has 4 aliphatic carbocycles. The van der Waals surface area contributed by atoms with Crippen LogP contribution < -0.4 is 5.63 Å². The highest BCUT2D eigenvalue weighted by molar-refractivity contribution is 5.87. The van der Waals surface area contributed by atoms with Crippen molar-refractivity contribution in [3.05, 3.63) is 46.5 Å². The number of esters is 1. The van der Waals surface area contributed by atoms with E-state index in [9.17, 15) is 9.59 Å². The summed E-state index contributed by atoms with van der Waals surface area (Å²) in [6, 6.07) is 3.53. The first kappa shape index (κ1) is 21.6. The number of ether oxygens (including phenoxy) is 2. The Labute approximate surface area is 195 Å². The van der Waals surface area contributed by atoms with Crippen molar-refractivity contribution in [2.24, 2.45) is 28.6 Å². The number of rotatable bonds is 3. The van der Waals surface area contributed by atoms with E-state index in [1.807, 2.05) is 6.07 Å². The average Bonchev–Trinajstić information content (AvgIpc) is 3.44. The predicted molar refractivity (Wildman–Crippen MR) is 124 cm³/mol. The van der Waals surface area contributed by atoms with Gasteiger partial charge in [-0.15, -0.1) is 0 Å². The van der Waals surface area contributed by atoms with Crippen molar-refractivity contribution in [2.45, 2.75) is 95.9 Å². The standard InChI is InChI=1S/C28H36O5/c1-16(2)25(30)32-19-9-11-26(3)18(13-19)6-7-21-20(26)10-12-27(4)22(14-23-28(21,27)33-23)17-5-8-24(29)31-15-17/h5,8,15,18-23H,1,6-7,9-14H2,2-4H3/t18-,19+,20?,21-,22-,23-,26-,27-,28-/m0/s1. The van der Waals surface area contributed by atoms with Gasteiger partial charge in [-0.2, -0.15) is 0 Å². The SMILES string of the molecule is C=C(C)C(=O)O[C@@H]1CC[C@]2(C)C3CC[C@@]4(C)[C@H](c5ccc(=O)oc5)C[C@@H]5O[C@@]54[C@H]3CC[C@H]2C1. The lowest BCUT2D eigenvalue weighted by molar-refractivity contribution is -0.161. The smallest absolute Gasteiger partial charge is 0.335 e. The summed E-state index contributed by atoms with van der Waals surface area (Å²) in [7, 11) is 0. The number of carbonyl (C=O) groups excluding carboxylic acids is 1. The molecule has 6 rings (SSSR count). The molecule has 178 valence electrons. The Morgan fingerprint density at radius 2 is 1.91 bits per heavy atom. The van der Waals surface area contributed by atoms with E-state index in [0.717, 1.165) is 37.7 Å². The quantitative estimate of drug-likeness (QED) is 0.350. The molecule has 4 saturated carbocycles. The van der Waals surface area contributed by atoms with Crippen LogP contribution in [0.25, 0.3) is 0 Å². The zero-order valence-electron chi connectivity index (χ0n) is 20.1. The van der Waals surface area contributed by atoms with E-state index in [0.29, 0.717) is 40.8 Å². The first-order valence-corrected chi connectivity index (χ1v) is 12.8. The summed E-state index contributed by atoms with van der Waals surface area (Å²) in [6.07, 6.45) is 10.9. The molecule has 5 fully saturated rings. The van der Waals surface area contributed by atoms with Crippen molar-refractivity contribution in [1.82, 2.24) is 0 Å². The lowest BCUT2D eigenvalue weighted by Crippen LogP contribution is -2.58. The van der Waals surface area contributed by atoms with Crippen LogP contribution in [-0.4, -0.2) is 23.8 Å². The van der Waals surface area contributed by atoms with Crippen molar-refractivity contribution in [1.29, 1.82) is 0 Å². The molecule has 0 amide bonds. The maximum atomic E-state index is 12.1. The Bertz CT molecular complexity index is 1040. The molecule has 0 N–H and O–H groups in total. The molecule has 1 aliphatic heterocycles. The van der Waals surface area contributed by atoms with Gasteiger partial charge < -0.3 is 13.9 Å². The molecule has 33 heavy (non-hydrogen) atoms. The molecule has 5 heteroatoms. The lowest BCUT2D eigenvalue weighted by atomic mass is 9.44. The Kier molecular flexibility index (Phi) is 4.63. The highest BCUT2D eigenvalue weighted by atomic mass is 16.6. The van der Waals surface area contributed by atoms with Gasteiger partial charge in [-0.05, 0) is 99.0 Å².